The summed E-state index contributed by atoms with van der Waals surface area (Å²) in [5.74, 6) is -0.308. The lowest BCUT2D eigenvalue weighted by molar-refractivity contribution is -0.388. The minimum atomic E-state index is -1.77. The molecule has 6 fully saturated rings. The van der Waals surface area contributed by atoms with Gasteiger partial charge in [-0.05, 0) is 141 Å². The molecule has 27 atom stereocenters. The molecule has 9 rings (SSSR count). The van der Waals surface area contributed by atoms with Crippen LogP contribution in [0.2, 0.25) is 0 Å². The Kier molecular flexibility index (Phi) is 17.5. The Morgan fingerprint density at radius 3 is 1.87 bits per heavy atom. The lowest BCUT2D eigenvalue weighted by Gasteiger charge is -2.58. The molecule has 0 radical (unpaired) electrons. The van der Waals surface area contributed by atoms with Gasteiger partial charge in [0, 0.05) is 0 Å². The quantitative estimate of drug-likeness (QED) is 0.0932. The van der Waals surface area contributed by atoms with Crippen LogP contribution in [-0.4, -0.2) is 221 Å². The van der Waals surface area contributed by atoms with Gasteiger partial charge in [0.2, 0.25) is 0 Å². The number of aromatic carboxylic acids is 1. The van der Waals surface area contributed by atoms with Gasteiger partial charge < -0.3 is 104 Å². The van der Waals surface area contributed by atoms with Crippen LogP contribution in [0.15, 0.2) is 17.7 Å². The molecule has 0 aromatic heterocycles. The third kappa shape index (κ3) is 10.5. The molecule has 13 N–H and O–H groups in total. The Morgan fingerprint density at radius 2 is 1.25 bits per heavy atom. The molecule has 76 heavy (non-hydrogen) atoms. The van der Waals surface area contributed by atoms with E-state index in [9.17, 15) is 71.2 Å². The van der Waals surface area contributed by atoms with E-state index in [-0.39, 0.29) is 41.1 Å². The Bertz CT molecular complexity index is 2230. The number of rotatable bonds is 15. The van der Waals surface area contributed by atoms with E-state index < -0.39 is 148 Å². The highest BCUT2D eigenvalue weighted by atomic mass is 16.8. The zero-order chi connectivity index (χ0) is 55.0. The van der Waals surface area contributed by atoms with Gasteiger partial charge in [-0.1, -0.05) is 32.4 Å². The van der Waals surface area contributed by atoms with Crippen LogP contribution in [0.25, 0.3) is 0 Å². The van der Waals surface area contributed by atoms with E-state index >= 15 is 0 Å². The van der Waals surface area contributed by atoms with Crippen LogP contribution in [0.1, 0.15) is 112 Å². The maximum absolute atomic E-state index is 13.1. The van der Waals surface area contributed by atoms with Gasteiger partial charge in [0.15, 0.2) is 25.2 Å². The van der Waals surface area contributed by atoms with Crippen molar-refractivity contribution in [2.75, 3.05) is 19.8 Å². The van der Waals surface area contributed by atoms with E-state index in [0.29, 0.717) is 37.7 Å². The smallest absolute Gasteiger partial charge is 0.335 e. The van der Waals surface area contributed by atoms with Crippen molar-refractivity contribution in [2.24, 2.45) is 29.1 Å². The van der Waals surface area contributed by atoms with Crippen LogP contribution in [0.5, 0.6) is 0 Å². The van der Waals surface area contributed by atoms with Gasteiger partial charge in [0.05, 0.1) is 43.7 Å². The predicted molar refractivity (Wildman–Crippen MR) is 262 cm³/mol. The number of hydrogen-bond donors (Lipinski definition) is 13. The highest BCUT2D eigenvalue weighted by molar-refractivity contribution is 5.91. The number of benzene rings is 1. The van der Waals surface area contributed by atoms with Crippen LogP contribution >= 0.6 is 0 Å². The second-order valence-electron chi connectivity index (χ2n) is 23.7. The molecule has 22 nitrogen and oxygen atoms in total. The van der Waals surface area contributed by atoms with Crippen molar-refractivity contribution >= 4 is 5.97 Å². The third-order valence-corrected chi connectivity index (χ3v) is 19.1. The molecule has 4 aliphatic heterocycles. The summed E-state index contributed by atoms with van der Waals surface area (Å²) in [6.45, 7) is 10.5. The molecule has 0 spiro atoms. The zero-order valence-corrected chi connectivity index (χ0v) is 44.1. The van der Waals surface area contributed by atoms with Crippen molar-refractivity contribution in [3.8, 4) is 0 Å². The second-order valence-corrected chi connectivity index (χ2v) is 23.7. The average Bonchev–Trinajstić information content (AvgIpc) is 3.74. The molecule has 1 aromatic carbocycles. The molecular formula is C54H82O22. The first kappa shape index (κ1) is 58.3. The predicted octanol–water partition coefficient (Wildman–Crippen LogP) is -1.06. The number of allylic oxidation sites excluding steroid dienone is 1. The summed E-state index contributed by atoms with van der Waals surface area (Å²) in [6, 6.07) is 1.83. The topological polar surface area (TPSA) is 354 Å². The van der Waals surface area contributed by atoms with Gasteiger partial charge in [0.25, 0.3) is 0 Å². The van der Waals surface area contributed by atoms with Gasteiger partial charge in [-0.15, -0.1) is 0 Å². The summed E-state index contributed by atoms with van der Waals surface area (Å²) in [5, 5.41) is 138. The summed E-state index contributed by atoms with van der Waals surface area (Å²) in [6.07, 6.45) is -21.2. The molecule has 0 amide bonds. The standard InChI is InChI=1S/C54H82O22/c1-21(20-69-49-42(63)41(62)38(59)33(18-55)73-49)7-8-25-15-30(48(67)68)29-17-32-28-10-9-26-16-27(11-13-53(26,5)31(28)12-14-54(32,6)35(29)22(25)2)72-52-47(76-51-44(65)40(61)37(58)24(4)71-51)45(66)46(34(19-56)74-52)75-50-43(64)39(60)36(57)23(3)70-50/h9,15,21,23-24,27-28,31-34,36-47,49-52,55-66H,7-8,10-14,16-20H2,1-6H3,(H,67,68)/t21?,23-,24-,27-,28+,31-,32-,33+,34+,36-,37-,38+,39+,40+,41-,42+,43+,44+,45-,46+,47+,49+,50-,51-,52+,53-,54-/m0/s1. The van der Waals surface area contributed by atoms with Gasteiger partial charge in [-0.3, -0.25) is 0 Å². The van der Waals surface area contributed by atoms with Crippen molar-refractivity contribution in [1.82, 2.24) is 0 Å². The van der Waals surface area contributed by atoms with Crippen LogP contribution < -0.4 is 0 Å². The van der Waals surface area contributed by atoms with Crippen LogP contribution in [0, 0.1) is 36.0 Å². The number of hydrogen-bond acceptors (Lipinski definition) is 21. The second kappa shape index (κ2) is 22.9. The molecule has 430 valence electrons. The van der Waals surface area contributed by atoms with Crippen LogP contribution in [0.4, 0.5) is 0 Å². The number of fused-ring (bicyclic) bond motifs is 7. The first-order valence-electron chi connectivity index (χ1n) is 27.2. The van der Waals surface area contributed by atoms with E-state index in [1.54, 1.807) is 0 Å². The first-order chi connectivity index (χ1) is 35.9. The fourth-order valence-corrected chi connectivity index (χ4v) is 14.5. The summed E-state index contributed by atoms with van der Waals surface area (Å²) < 4.78 is 48.0. The number of aliphatic hydroxyl groups excluding tert-OH is 12. The van der Waals surface area contributed by atoms with Gasteiger partial charge in [0.1, 0.15) is 85.5 Å². The Hall–Kier alpha value is -2.37. The van der Waals surface area contributed by atoms with Crippen LogP contribution in [-0.2, 0) is 56.2 Å². The third-order valence-electron chi connectivity index (χ3n) is 19.1. The Labute approximate surface area is 442 Å². The molecule has 4 heterocycles. The number of carboxylic acid groups (broad SMARTS) is 1. The van der Waals surface area contributed by atoms with Crippen LogP contribution in [0.3, 0.4) is 0 Å². The van der Waals surface area contributed by atoms with E-state index in [2.05, 4.69) is 26.8 Å². The minimum absolute atomic E-state index is 0.0623. The fraction of sp³-hybridized carbons (Fsp3) is 0.833. The molecule has 0 bridgehead atoms. The number of carboxylic acids is 1. The van der Waals surface area contributed by atoms with Crippen molar-refractivity contribution < 1.29 is 109 Å². The van der Waals surface area contributed by atoms with Gasteiger partial charge in [-0.2, -0.15) is 0 Å². The van der Waals surface area contributed by atoms with E-state index in [0.717, 1.165) is 47.9 Å². The van der Waals surface area contributed by atoms with Crippen molar-refractivity contribution in [3.05, 3.63) is 45.5 Å². The monoisotopic (exact) mass is 1080 g/mol. The van der Waals surface area contributed by atoms with Crippen molar-refractivity contribution in [3.63, 3.8) is 0 Å². The van der Waals surface area contributed by atoms with Gasteiger partial charge >= 0.3 is 5.97 Å². The maximum Gasteiger partial charge on any atom is 0.335 e. The maximum atomic E-state index is 13.1. The molecule has 22 heteroatoms. The van der Waals surface area contributed by atoms with Gasteiger partial charge in [-0.25, -0.2) is 4.79 Å². The number of aliphatic hydroxyl groups is 12. The van der Waals surface area contributed by atoms with E-state index in [1.165, 1.54) is 19.4 Å². The Balaban J connectivity index is 0.897. The molecule has 1 aromatic rings. The molecule has 4 saturated heterocycles. The summed E-state index contributed by atoms with van der Waals surface area (Å²) >= 11 is 0. The Morgan fingerprint density at radius 1 is 0.671 bits per heavy atom. The summed E-state index contributed by atoms with van der Waals surface area (Å²) in [5.41, 5.74) is 5.12. The molecular weight excluding hydrogens is 1000 g/mol. The largest absolute Gasteiger partial charge is 0.478 e. The summed E-state index contributed by atoms with van der Waals surface area (Å²) in [7, 11) is 0. The lowest BCUT2D eigenvalue weighted by atomic mass is 9.47. The van der Waals surface area contributed by atoms with Crippen molar-refractivity contribution in [2.45, 2.75) is 234 Å². The molecule has 1 unspecified atom stereocenters. The number of ether oxygens (including phenoxy) is 8. The highest BCUT2D eigenvalue weighted by Gasteiger charge is 2.60. The number of aryl methyl sites for hydroxylation is 1. The van der Waals surface area contributed by atoms with E-state index in [4.69, 9.17) is 37.9 Å². The van der Waals surface area contributed by atoms with E-state index in [1.807, 2.05) is 13.0 Å². The number of carbonyl (C=O) groups is 1. The lowest BCUT2D eigenvalue weighted by Crippen LogP contribution is -2.66. The fourth-order valence-electron chi connectivity index (χ4n) is 14.5. The SMILES string of the molecule is Cc1c(CCC(C)CO[C@@H]2O[C@H](CO)[C@@H](O)[C@H](O)[C@H]2O)cc(C(=O)O)c2c1[C@@]1(C)CC[C@H]3[C@@H](CC=C4C[C@@H](O[C@@H]5O[C@H](CO)[C@@H](O[C@@H]6O[C@@H](C)[C@H](O)[C@@H](O)[C@H]6O)[C@H](O)[C@H]5O[C@@H]5O[C@@H](C)[C@H](O)[C@@H](O)[C@H]5O)CC[C@@]43C)[C@@H]1C2. The normalized spacial score (nSPS) is 47.7. The average molecular weight is 1080 g/mol. The zero-order valence-electron chi connectivity index (χ0n) is 44.1. The van der Waals surface area contributed by atoms with Crippen molar-refractivity contribution in [1.29, 1.82) is 0 Å². The summed E-state index contributed by atoms with van der Waals surface area (Å²) in [4.78, 5) is 13.1. The first-order valence-corrected chi connectivity index (χ1v) is 27.2. The molecule has 2 saturated carbocycles. The molecule has 4 aliphatic carbocycles. The minimum Gasteiger partial charge on any atom is -0.478 e. The highest BCUT2D eigenvalue weighted by Crippen LogP contribution is 2.65. The molecule has 8 aliphatic rings.